The largest absolute Gasteiger partial charge is 0.354 e. The van der Waals surface area contributed by atoms with Crippen LogP contribution in [0, 0.1) is 0 Å². The van der Waals surface area contributed by atoms with Gasteiger partial charge in [-0.2, -0.15) is 0 Å². The number of carbonyl (C=O) groups excluding carboxylic acids is 1. The summed E-state index contributed by atoms with van der Waals surface area (Å²) in [6, 6.07) is 4.29. The molecule has 1 N–H and O–H groups in total. The predicted octanol–water partition coefficient (Wildman–Crippen LogP) is 3.31. The lowest BCUT2D eigenvalue weighted by atomic mass is 9.73. The van der Waals surface area contributed by atoms with Crippen molar-refractivity contribution in [2.45, 2.75) is 37.5 Å². The first-order chi connectivity index (χ1) is 8.27. The first-order valence-corrected chi connectivity index (χ1v) is 7.55. The Morgan fingerprint density at radius 2 is 2.18 bits per heavy atom. The van der Waals surface area contributed by atoms with Gasteiger partial charge in [-0.05, 0) is 24.3 Å². The van der Waals surface area contributed by atoms with E-state index >= 15 is 0 Å². The van der Waals surface area contributed by atoms with Gasteiger partial charge in [0.2, 0.25) is 5.91 Å². The highest BCUT2D eigenvalue weighted by Gasteiger charge is 2.34. The maximum Gasteiger partial charge on any atom is 0.234 e. The Morgan fingerprint density at radius 3 is 2.76 bits per heavy atom. The Balaban J connectivity index is 2.10. The molecule has 1 fully saturated rings. The van der Waals surface area contributed by atoms with Crippen molar-refractivity contribution in [3.8, 4) is 0 Å². The number of amides is 1. The van der Waals surface area contributed by atoms with Crippen LogP contribution in [0.15, 0.2) is 17.5 Å². The Hall–Kier alpha value is -0.540. The van der Waals surface area contributed by atoms with E-state index in [1.54, 1.807) is 11.3 Å². The van der Waals surface area contributed by atoms with Crippen molar-refractivity contribution in [1.29, 1.82) is 0 Å². The van der Waals surface area contributed by atoms with E-state index in [0.29, 0.717) is 0 Å². The molecule has 0 radical (unpaired) electrons. The van der Waals surface area contributed by atoms with E-state index in [1.807, 2.05) is 0 Å². The third-order valence-corrected chi connectivity index (χ3v) is 4.96. The maximum atomic E-state index is 11.3. The molecule has 1 aliphatic rings. The number of hydrogen-bond donors (Lipinski definition) is 1. The molecule has 1 aromatic heterocycles. The highest BCUT2D eigenvalue weighted by molar-refractivity contribution is 7.10. The second-order valence-electron chi connectivity index (χ2n) is 4.73. The fourth-order valence-corrected chi connectivity index (χ4v) is 3.72. The summed E-state index contributed by atoms with van der Waals surface area (Å²) in [7, 11) is 0. The van der Waals surface area contributed by atoms with E-state index in [4.69, 9.17) is 11.6 Å². The van der Waals surface area contributed by atoms with E-state index in [-0.39, 0.29) is 17.2 Å². The maximum absolute atomic E-state index is 11.3. The molecule has 0 spiro atoms. The molecule has 0 unspecified atom stereocenters. The molecular formula is C13H18ClNOS. The summed E-state index contributed by atoms with van der Waals surface area (Å²) in [6.07, 6.45) is 6.19. The van der Waals surface area contributed by atoms with Crippen molar-refractivity contribution >= 4 is 28.8 Å². The lowest BCUT2D eigenvalue weighted by molar-refractivity contribution is -0.119. The molecule has 1 heterocycles. The normalized spacial score (nSPS) is 18.9. The van der Waals surface area contributed by atoms with Gasteiger partial charge in [-0.15, -0.1) is 22.9 Å². The number of nitrogens with one attached hydrogen (secondary N) is 1. The van der Waals surface area contributed by atoms with Gasteiger partial charge in [-0.3, -0.25) is 4.79 Å². The van der Waals surface area contributed by atoms with Gasteiger partial charge in [0, 0.05) is 16.8 Å². The Kier molecular flexibility index (Phi) is 4.46. The van der Waals surface area contributed by atoms with E-state index < -0.39 is 0 Å². The Labute approximate surface area is 111 Å². The van der Waals surface area contributed by atoms with Crippen molar-refractivity contribution in [2.24, 2.45) is 0 Å². The van der Waals surface area contributed by atoms with Crippen LogP contribution in [-0.4, -0.2) is 18.3 Å². The summed E-state index contributed by atoms with van der Waals surface area (Å²) in [5.74, 6) is -0.00581. The summed E-state index contributed by atoms with van der Waals surface area (Å²) < 4.78 is 0. The Bertz CT molecular complexity index is 358. The quantitative estimate of drug-likeness (QED) is 0.837. The zero-order valence-corrected chi connectivity index (χ0v) is 11.4. The highest BCUT2D eigenvalue weighted by Crippen LogP contribution is 2.40. The number of carbonyl (C=O) groups is 1. The van der Waals surface area contributed by atoms with Gasteiger partial charge in [0.1, 0.15) is 5.88 Å². The van der Waals surface area contributed by atoms with Crippen LogP contribution in [0.25, 0.3) is 0 Å². The van der Waals surface area contributed by atoms with Crippen LogP contribution >= 0.6 is 22.9 Å². The molecule has 17 heavy (non-hydrogen) atoms. The fourth-order valence-electron chi connectivity index (χ4n) is 2.63. The minimum Gasteiger partial charge on any atom is -0.354 e. The molecule has 0 aromatic carbocycles. The van der Waals surface area contributed by atoms with Crippen molar-refractivity contribution in [3.05, 3.63) is 22.4 Å². The van der Waals surface area contributed by atoms with Crippen LogP contribution in [-0.2, 0) is 10.2 Å². The molecule has 2 nitrogen and oxygen atoms in total. The number of thiophene rings is 1. The van der Waals surface area contributed by atoms with Gasteiger partial charge in [-0.25, -0.2) is 0 Å². The zero-order valence-electron chi connectivity index (χ0n) is 9.88. The van der Waals surface area contributed by atoms with E-state index in [2.05, 4.69) is 22.8 Å². The van der Waals surface area contributed by atoms with Crippen LogP contribution in [0.5, 0.6) is 0 Å². The standard InChI is InChI=1S/C13H18ClNOS/c14-9-12(16)15-10-13(6-2-1-3-7-13)11-5-4-8-17-11/h4-5,8H,1-3,6-7,9-10H2,(H,15,16). The molecule has 0 aliphatic heterocycles. The fraction of sp³-hybridized carbons (Fsp3) is 0.615. The van der Waals surface area contributed by atoms with Crippen LogP contribution in [0.3, 0.4) is 0 Å². The molecule has 4 heteroatoms. The molecule has 0 atom stereocenters. The minimum atomic E-state index is -0.0619. The molecular weight excluding hydrogens is 254 g/mol. The number of hydrogen-bond acceptors (Lipinski definition) is 2. The van der Waals surface area contributed by atoms with Crippen molar-refractivity contribution in [2.75, 3.05) is 12.4 Å². The molecule has 0 saturated heterocycles. The predicted molar refractivity (Wildman–Crippen MR) is 72.8 cm³/mol. The first-order valence-electron chi connectivity index (χ1n) is 6.13. The molecule has 1 saturated carbocycles. The summed E-state index contributed by atoms with van der Waals surface area (Å²) in [4.78, 5) is 12.7. The van der Waals surface area contributed by atoms with Crippen molar-refractivity contribution in [1.82, 2.24) is 5.32 Å². The molecule has 2 rings (SSSR count). The van der Waals surface area contributed by atoms with Gasteiger partial charge in [0.05, 0.1) is 0 Å². The van der Waals surface area contributed by atoms with Gasteiger partial charge >= 0.3 is 0 Å². The summed E-state index contributed by atoms with van der Waals surface area (Å²) in [5, 5.41) is 5.09. The number of rotatable bonds is 4. The SMILES string of the molecule is O=C(CCl)NCC1(c2cccs2)CCCCC1. The molecule has 1 amide bonds. The molecule has 0 bridgehead atoms. The summed E-state index contributed by atoms with van der Waals surface area (Å²) in [6.45, 7) is 0.735. The smallest absolute Gasteiger partial charge is 0.234 e. The average Bonchev–Trinajstić information content (AvgIpc) is 2.91. The van der Waals surface area contributed by atoms with Gasteiger partial charge in [-0.1, -0.05) is 25.3 Å². The lowest BCUT2D eigenvalue weighted by Crippen LogP contribution is -2.42. The minimum absolute atomic E-state index is 0.0561. The molecule has 1 aliphatic carbocycles. The molecule has 1 aromatic rings. The lowest BCUT2D eigenvalue weighted by Gasteiger charge is -2.36. The average molecular weight is 272 g/mol. The van der Waals surface area contributed by atoms with Gasteiger partial charge in [0.15, 0.2) is 0 Å². The van der Waals surface area contributed by atoms with Crippen molar-refractivity contribution in [3.63, 3.8) is 0 Å². The second-order valence-corrected chi connectivity index (χ2v) is 5.94. The van der Waals surface area contributed by atoms with Crippen LogP contribution in [0.1, 0.15) is 37.0 Å². The van der Waals surface area contributed by atoms with E-state index in [0.717, 1.165) is 6.54 Å². The van der Waals surface area contributed by atoms with Gasteiger partial charge in [0.25, 0.3) is 0 Å². The zero-order chi connectivity index (χ0) is 12.1. The van der Waals surface area contributed by atoms with Crippen LogP contribution in [0.4, 0.5) is 0 Å². The topological polar surface area (TPSA) is 29.1 Å². The third kappa shape index (κ3) is 3.02. The van der Waals surface area contributed by atoms with Crippen molar-refractivity contribution < 1.29 is 4.79 Å². The summed E-state index contributed by atoms with van der Waals surface area (Å²) >= 11 is 7.33. The van der Waals surface area contributed by atoms with Crippen LogP contribution in [0.2, 0.25) is 0 Å². The Morgan fingerprint density at radius 1 is 1.41 bits per heavy atom. The number of halogens is 1. The third-order valence-electron chi connectivity index (χ3n) is 3.60. The van der Waals surface area contributed by atoms with E-state index in [9.17, 15) is 4.79 Å². The summed E-state index contributed by atoms with van der Waals surface area (Å²) in [5.41, 5.74) is 0.161. The van der Waals surface area contributed by atoms with E-state index in [1.165, 1.54) is 37.0 Å². The first kappa shape index (κ1) is 12.9. The monoisotopic (exact) mass is 271 g/mol. The second kappa shape index (κ2) is 5.87. The number of alkyl halides is 1. The highest BCUT2D eigenvalue weighted by atomic mass is 35.5. The van der Waals surface area contributed by atoms with Crippen LogP contribution < -0.4 is 5.32 Å². The molecule has 94 valence electrons. The van der Waals surface area contributed by atoms with Gasteiger partial charge < -0.3 is 5.32 Å².